The number of nitrogens with one attached hydrogen (secondary N) is 1. The van der Waals surface area contributed by atoms with Crippen molar-refractivity contribution in [1.82, 2.24) is 15.3 Å². The number of carbonyl (C=O) groups excluding carboxylic acids is 1. The number of ether oxygens (including phenoxy) is 2. The summed E-state index contributed by atoms with van der Waals surface area (Å²) in [6.45, 7) is 0.323. The van der Waals surface area contributed by atoms with Gasteiger partial charge in [0.05, 0.1) is 13.2 Å². The number of aromatic nitrogens is 2. The first-order valence-corrected chi connectivity index (χ1v) is 7.76. The molecule has 0 saturated heterocycles. The lowest BCUT2D eigenvalue weighted by Gasteiger charge is -2.17. The van der Waals surface area contributed by atoms with Gasteiger partial charge >= 0.3 is 12.1 Å². The largest absolute Gasteiger partial charge is 0.467 e. The minimum Gasteiger partial charge on any atom is -0.467 e. The Morgan fingerprint density at radius 1 is 1.20 bits per heavy atom. The van der Waals surface area contributed by atoms with Crippen LogP contribution in [-0.2, 0) is 11.3 Å². The molecule has 0 saturated carbocycles. The second-order valence-electron chi connectivity index (χ2n) is 5.29. The smallest absolute Gasteiger partial charge is 0.407 e. The molecule has 0 spiro atoms. The van der Waals surface area contributed by atoms with Crippen molar-refractivity contribution in [3.05, 3.63) is 53.9 Å². The summed E-state index contributed by atoms with van der Waals surface area (Å²) in [5.74, 6) is 0. The molecule has 0 aliphatic rings. The molecule has 1 aromatic carbocycles. The third kappa shape index (κ3) is 6.02. The van der Waals surface area contributed by atoms with Gasteiger partial charge in [-0.05, 0) is 12.0 Å². The molecule has 0 fully saturated rings. The van der Waals surface area contributed by atoms with Crippen molar-refractivity contribution in [2.24, 2.45) is 0 Å². The van der Waals surface area contributed by atoms with Crippen LogP contribution in [0.4, 0.5) is 4.79 Å². The summed E-state index contributed by atoms with van der Waals surface area (Å²) in [7, 11) is 1.43. The van der Waals surface area contributed by atoms with E-state index in [0.717, 1.165) is 5.56 Å². The lowest BCUT2D eigenvalue weighted by molar-refractivity contribution is 0.0131. The summed E-state index contributed by atoms with van der Waals surface area (Å²) in [5, 5.41) is 22.6. The van der Waals surface area contributed by atoms with Gasteiger partial charge in [-0.1, -0.05) is 30.3 Å². The number of aliphatic hydroxyl groups excluding tert-OH is 2. The molecule has 0 radical (unpaired) electrons. The van der Waals surface area contributed by atoms with Crippen LogP contribution in [0.1, 0.15) is 23.7 Å². The Balaban J connectivity index is 1.69. The molecule has 1 amide bonds. The fourth-order valence-electron chi connectivity index (χ4n) is 2.06. The van der Waals surface area contributed by atoms with Gasteiger partial charge in [-0.3, -0.25) is 0 Å². The van der Waals surface area contributed by atoms with E-state index in [4.69, 9.17) is 9.47 Å². The van der Waals surface area contributed by atoms with Crippen molar-refractivity contribution < 1.29 is 24.5 Å². The van der Waals surface area contributed by atoms with Crippen LogP contribution in [0.15, 0.2) is 42.7 Å². The van der Waals surface area contributed by atoms with Crippen LogP contribution in [0.2, 0.25) is 0 Å². The second kappa shape index (κ2) is 9.55. The number of amides is 1. The Hall–Kier alpha value is -2.71. The van der Waals surface area contributed by atoms with E-state index in [1.54, 1.807) is 0 Å². The highest BCUT2D eigenvalue weighted by molar-refractivity contribution is 5.67. The van der Waals surface area contributed by atoms with E-state index >= 15 is 0 Å². The number of rotatable bonds is 8. The third-order valence-electron chi connectivity index (χ3n) is 3.46. The number of hydrogen-bond donors (Lipinski definition) is 3. The van der Waals surface area contributed by atoms with Crippen molar-refractivity contribution in [3.8, 4) is 6.01 Å². The minimum atomic E-state index is -1.16. The zero-order valence-electron chi connectivity index (χ0n) is 13.8. The Bertz CT molecular complexity index is 651. The standard InChI is InChI=1S/C17H21N3O5/c1-24-16-19-9-13(10-20-16)15(22)14(21)7-8-18-17(23)25-11-12-5-3-2-4-6-12/h2-6,9-10,14-15,21-22H,7-8,11H2,1H3,(H,18,23). The molecule has 2 atom stereocenters. The summed E-state index contributed by atoms with van der Waals surface area (Å²) >= 11 is 0. The van der Waals surface area contributed by atoms with Crippen molar-refractivity contribution in [3.63, 3.8) is 0 Å². The predicted molar refractivity (Wildman–Crippen MR) is 88.8 cm³/mol. The average molecular weight is 347 g/mol. The van der Waals surface area contributed by atoms with E-state index in [0.29, 0.717) is 5.56 Å². The van der Waals surface area contributed by atoms with Crippen LogP contribution in [0.3, 0.4) is 0 Å². The van der Waals surface area contributed by atoms with E-state index in [1.807, 2.05) is 30.3 Å². The molecule has 8 heteroatoms. The maximum Gasteiger partial charge on any atom is 0.407 e. The summed E-state index contributed by atoms with van der Waals surface area (Å²) < 4.78 is 9.88. The number of hydrogen-bond acceptors (Lipinski definition) is 7. The second-order valence-corrected chi connectivity index (χ2v) is 5.29. The normalized spacial score (nSPS) is 12.9. The molecular formula is C17H21N3O5. The van der Waals surface area contributed by atoms with E-state index in [2.05, 4.69) is 15.3 Å². The summed E-state index contributed by atoms with van der Waals surface area (Å²) in [6.07, 6.45) is 0.0775. The number of benzene rings is 1. The van der Waals surface area contributed by atoms with Crippen LogP contribution in [0.25, 0.3) is 0 Å². The molecule has 2 rings (SSSR count). The maximum atomic E-state index is 11.6. The number of alkyl carbamates (subject to hydrolysis) is 1. The fourth-order valence-corrected chi connectivity index (χ4v) is 2.06. The molecule has 1 aromatic heterocycles. The summed E-state index contributed by atoms with van der Waals surface area (Å²) in [6, 6.07) is 9.47. The highest BCUT2D eigenvalue weighted by Crippen LogP contribution is 2.18. The third-order valence-corrected chi connectivity index (χ3v) is 3.46. The van der Waals surface area contributed by atoms with E-state index < -0.39 is 18.3 Å². The Morgan fingerprint density at radius 3 is 2.52 bits per heavy atom. The van der Waals surface area contributed by atoms with Crippen molar-refractivity contribution in [2.75, 3.05) is 13.7 Å². The lowest BCUT2D eigenvalue weighted by atomic mass is 10.1. The molecule has 1 heterocycles. The van der Waals surface area contributed by atoms with Crippen molar-refractivity contribution in [2.45, 2.75) is 25.2 Å². The SMILES string of the molecule is COc1ncc(C(O)C(O)CCNC(=O)OCc2ccccc2)cn1. The van der Waals surface area contributed by atoms with Gasteiger partial charge in [0.25, 0.3) is 0 Å². The summed E-state index contributed by atoms with van der Waals surface area (Å²) in [4.78, 5) is 19.3. The van der Waals surface area contributed by atoms with Gasteiger partial charge in [-0.25, -0.2) is 14.8 Å². The quantitative estimate of drug-likeness (QED) is 0.657. The van der Waals surface area contributed by atoms with Gasteiger partial charge < -0.3 is 25.0 Å². The molecule has 3 N–H and O–H groups in total. The molecule has 8 nitrogen and oxygen atoms in total. The van der Waals surface area contributed by atoms with E-state index in [1.165, 1.54) is 19.5 Å². The van der Waals surface area contributed by atoms with Crippen LogP contribution < -0.4 is 10.1 Å². The molecule has 0 aliphatic carbocycles. The zero-order valence-corrected chi connectivity index (χ0v) is 13.8. The Labute approximate surface area is 145 Å². The van der Waals surface area contributed by atoms with Gasteiger partial charge in [-0.2, -0.15) is 0 Å². The van der Waals surface area contributed by atoms with Crippen LogP contribution in [0, 0.1) is 0 Å². The van der Waals surface area contributed by atoms with Gasteiger partial charge in [0, 0.05) is 24.5 Å². The van der Waals surface area contributed by atoms with Gasteiger partial charge in [0.15, 0.2) is 0 Å². The Kier molecular flexibility index (Phi) is 7.12. The molecule has 2 unspecified atom stereocenters. The first-order valence-electron chi connectivity index (χ1n) is 7.76. The highest BCUT2D eigenvalue weighted by atomic mass is 16.5. The monoisotopic (exact) mass is 347 g/mol. The molecule has 134 valence electrons. The minimum absolute atomic E-state index is 0.146. The topological polar surface area (TPSA) is 114 Å². The average Bonchev–Trinajstić information content (AvgIpc) is 2.66. The molecule has 2 aromatic rings. The van der Waals surface area contributed by atoms with Crippen LogP contribution >= 0.6 is 0 Å². The van der Waals surface area contributed by atoms with Gasteiger partial charge in [0.2, 0.25) is 0 Å². The fraction of sp³-hybridized carbons (Fsp3) is 0.353. The Morgan fingerprint density at radius 2 is 1.88 bits per heavy atom. The van der Waals surface area contributed by atoms with Crippen molar-refractivity contribution in [1.29, 1.82) is 0 Å². The first kappa shape index (κ1) is 18.6. The molecule has 0 bridgehead atoms. The number of aliphatic hydroxyl groups is 2. The van der Waals surface area contributed by atoms with Gasteiger partial charge in [-0.15, -0.1) is 0 Å². The predicted octanol–water partition coefficient (Wildman–Crippen LogP) is 1.20. The first-order chi connectivity index (χ1) is 12.1. The summed E-state index contributed by atoms with van der Waals surface area (Å²) in [5.41, 5.74) is 1.24. The number of nitrogens with zero attached hydrogens (tertiary/aromatic N) is 2. The molecule has 25 heavy (non-hydrogen) atoms. The molecular weight excluding hydrogens is 326 g/mol. The van der Waals surface area contributed by atoms with E-state index in [9.17, 15) is 15.0 Å². The van der Waals surface area contributed by atoms with Crippen molar-refractivity contribution >= 4 is 6.09 Å². The van der Waals surface area contributed by atoms with Crippen LogP contribution in [0.5, 0.6) is 6.01 Å². The zero-order chi connectivity index (χ0) is 18.1. The van der Waals surface area contributed by atoms with Gasteiger partial charge in [0.1, 0.15) is 12.7 Å². The van der Waals surface area contributed by atoms with Crippen LogP contribution in [-0.4, -0.2) is 46.0 Å². The lowest BCUT2D eigenvalue weighted by Crippen LogP contribution is -2.29. The van der Waals surface area contributed by atoms with E-state index in [-0.39, 0.29) is 25.6 Å². The maximum absolute atomic E-state index is 11.6. The highest BCUT2D eigenvalue weighted by Gasteiger charge is 2.19. The number of methoxy groups -OCH3 is 1. The number of carbonyl (C=O) groups is 1. The molecule has 0 aliphatic heterocycles.